The Hall–Kier alpha value is -1.14. The van der Waals surface area contributed by atoms with E-state index in [2.05, 4.69) is 19.7 Å². The van der Waals surface area contributed by atoms with Gasteiger partial charge in [0.05, 0.1) is 0 Å². The minimum Gasteiger partial charge on any atom is -0.461 e. The highest BCUT2D eigenvalue weighted by molar-refractivity contribution is 8.00. The molecule has 6 heteroatoms. The maximum absolute atomic E-state index is 11.1. The molecule has 0 aromatic carbocycles. The highest BCUT2D eigenvalue weighted by Gasteiger charge is 2.04. The normalized spacial score (nSPS) is 9.91. The molecule has 0 spiro atoms. The van der Waals surface area contributed by atoms with E-state index < -0.39 is 0 Å². The lowest BCUT2D eigenvalue weighted by Gasteiger charge is -2.07. The number of carbonyl (C=O) groups excluding carboxylic acids is 2. The number of hydrogen-bond acceptors (Lipinski definition) is 6. The van der Waals surface area contributed by atoms with Gasteiger partial charge in [-0.2, -0.15) is 23.5 Å². The lowest BCUT2D eigenvalue weighted by Crippen LogP contribution is -2.08. The fourth-order valence-electron chi connectivity index (χ4n) is 1.11. The van der Waals surface area contributed by atoms with Crippen molar-refractivity contribution in [1.82, 2.24) is 0 Å². The summed E-state index contributed by atoms with van der Waals surface area (Å²) in [6.45, 7) is 15.0. The lowest BCUT2D eigenvalue weighted by atomic mass is 10.4. The SMILES string of the molecule is C=C(CSCCOC(=O)C(=C)C)CSCCOC(=O)C(=C)C. The van der Waals surface area contributed by atoms with Crippen LogP contribution in [0.4, 0.5) is 0 Å². The predicted octanol–water partition coefficient (Wildman–Crippen LogP) is 3.25. The van der Waals surface area contributed by atoms with E-state index in [9.17, 15) is 9.59 Å². The van der Waals surface area contributed by atoms with Gasteiger partial charge in [0.1, 0.15) is 13.2 Å². The van der Waals surface area contributed by atoms with E-state index in [1.54, 1.807) is 37.4 Å². The number of esters is 2. The number of carbonyl (C=O) groups is 2. The van der Waals surface area contributed by atoms with Crippen molar-refractivity contribution in [3.05, 3.63) is 36.5 Å². The average Bonchev–Trinajstić information content (AvgIpc) is 2.45. The van der Waals surface area contributed by atoms with Crippen molar-refractivity contribution in [3.63, 3.8) is 0 Å². The molecular weight excluding hydrogens is 320 g/mol. The van der Waals surface area contributed by atoms with Crippen LogP contribution in [0.3, 0.4) is 0 Å². The summed E-state index contributed by atoms with van der Waals surface area (Å²) in [6.07, 6.45) is 0. The molecule has 0 aromatic heterocycles. The summed E-state index contributed by atoms with van der Waals surface area (Å²) >= 11 is 3.34. The van der Waals surface area contributed by atoms with Crippen molar-refractivity contribution in [2.75, 3.05) is 36.2 Å². The first-order valence-electron chi connectivity index (χ1n) is 6.82. The maximum atomic E-state index is 11.1. The molecular formula is C16H24O4S2. The van der Waals surface area contributed by atoms with Gasteiger partial charge in [-0.25, -0.2) is 9.59 Å². The third-order valence-corrected chi connectivity index (χ3v) is 4.37. The molecule has 124 valence electrons. The Morgan fingerprint density at radius 3 is 1.50 bits per heavy atom. The molecule has 0 aliphatic carbocycles. The Morgan fingerprint density at radius 2 is 1.18 bits per heavy atom. The lowest BCUT2D eigenvalue weighted by molar-refractivity contribution is -0.139. The molecule has 4 nitrogen and oxygen atoms in total. The van der Waals surface area contributed by atoms with Crippen LogP contribution in [-0.4, -0.2) is 48.2 Å². The molecule has 0 bridgehead atoms. The fourth-order valence-corrected chi connectivity index (χ4v) is 2.71. The third-order valence-electron chi connectivity index (χ3n) is 2.23. The van der Waals surface area contributed by atoms with Crippen LogP contribution in [0.25, 0.3) is 0 Å². The number of rotatable bonds is 12. The van der Waals surface area contributed by atoms with E-state index in [1.165, 1.54) is 0 Å². The Labute approximate surface area is 141 Å². The van der Waals surface area contributed by atoms with Crippen LogP contribution in [0.1, 0.15) is 13.8 Å². The summed E-state index contributed by atoms with van der Waals surface area (Å²) in [4.78, 5) is 22.3. The van der Waals surface area contributed by atoms with Gasteiger partial charge in [-0.1, -0.05) is 25.3 Å². The maximum Gasteiger partial charge on any atom is 0.333 e. The van der Waals surface area contributed by atoms with Crippen LogP contribution in [0, 0.1) is 0 Å². The molecule has 0 rings (SSSR count). The smallest absolute Gasteiger partial charge is 0.333 e. The first-order valence-corrected chi connectivity index (χ1v) is 9.13. The number of thioether (sulfide) groups is 2. The standard InChI is InChI=1S/C16H24O4S2/c1-12(2)15(17)19-6-8-21-10-14(5)11-22-9-7-20-16(18)13(3)4/h1,3,5-11H2,2,4H3. The van der Waals surface area contributed by atoms with E-state index >= 15 is 0 Å². The summed E-state index contributed by atoms with van der Waals surface area (Å²) in [5.74, 6) is 2.42. The number of hydrogen-bond donors (Lipinski definition) is 0. The molecule has 0 fully saturated rings. The van der Waals surface area contributed by atoms with Gasteiger partial charge in [-0.3, -0.25) is 0 Å². The summed E-state index contributed by atoms with van der Waals surface area (Å²) < 4.78 is 9.98. The monoisotopic (exact) mass is 344 g/mol. The molecule has 0 saturated carbocycles. The van der Waals surface area contributed by atoms with Gasteiger partial charge in [0.2, 0.25) is 0 Å². The molecule has 0 aliphatic rings. The first kappa shape index (κ1) is 20.9. The Morgan fingerprint density at radius 1 is 0.818 bits per heavy atom. The third kappa shape index (κ3) is 11.5. The van der Waals surface area contributed by atoms with Gasteiger partial charge >= 0.3 is 11.9 Å². The highest BCUT2D eigenvalue weighted by atomic mass is 32.2. The second-order valence-corrected chi connectivity index (χ2v) is 6.90. The minimum absolute atomic E-state index is 0.348. The summed E-state index contributed by atoms with van der Waals surface area (Å²) in [5.41, 5.74) is 1.93. The Balaban J connectivity index is 3.47. The van der Waals surface area contributed by atoms with E-state index in [4.69, 9.17) is 9.47 Å². The summed E-state index contributed by atoms with van der Waals surface area (Å²) in [5, 5.41) is 0. The van der Waals surface area contributed by atoms with Gasteiger partial charge in [-0.05, 0) is 13.8 Å². The van der Waals surface area contributed by atoms with Gasteiger partial charge < -0.3 is 9.47 Å². The van der Waals surface area contributed by atoms with Gasteiger partial charge in [0.25, 0.3) is 0 Å². The Kier molecular flexibility index (Phi) is 11.8. The average molecular weight is 344 g/mol. The van der Waals surface area contributed by atoms with Crippen molar-refractivity contribution in [1.29, 1.82) is 0 Å². The zero-order chi connectivity index (χ0) is 17.0. The van der Waals surface area contributed by atoms with Crippen LogP contribution in [0.5, 0.6) is 0 Å². The van der Waals surface area contributed by atoms with E-state index in [-0.39, 0.29) is 11.9 Å². The largest absolute Gasteiger partial charge is 0.461 e. The molecule has 0 atom stereocenters. The van der Waals surface area contributed by atoms with Gasteiger partial charge in [-0.15, -0.1) is 0 Å². The van der Waals surface area contributed by atoms with E-state index in [0.717, 1.165) is 28.6 Å². The molecule has 0 N–H and O–H groups in total. The fraction of sp³-hybridized carbons (Fsp3) is 0.500. The number of ether oxygens (including phenoxy) is 2. The van der Waals surface area contributed by atoms with Crippen molar-refractivity contribution in [2.24, 2.45) is 0 Å². The molecule has 0 aromatic rings. The van der Waals surface area contributed by atoms with E-state index in [1.807, 2.05) is 0 Å². The summed E-state index contributed by atoms with van der Waals surface area (Å²) in [6, 6.07) is 0. The molecule has 0 radical (unpaired) electrons. The summed E-state index contributed by atoms with van der Waals surface area (Å²) in [7, 11) is 0. The highest BCUT2D eigenvalue weighted by Crippen LogP contribution is 2.12. The van der Waals surface area contributed by atoms with Gasteiger partial charge in [0, 0.05) is 34.2 Å². The van der Waals surface area contributed by atoms with E-state index in [0.29, 0.717) is 24.4 Å². The quantitative estimate of drug-likeness (QED) is 0.234. The topological polar surface area (TPSA) is 52.6 Å². The second kappa shape index (κ2) is 12.4. The molecule has 22 heavy (non-hydrogen) atoms. The first-order chi connectivity index (χ1) is 10.3. The van der Waals surface area contributed by atoms with Crippen molar-refractivity contribution >= 4 is 35.5 Å². The molecule has 0 heterocycles. The van der Waals surface area contributed by atoms with Crippen LogP contribution >= 0.6 is 23.5 Å². The predicted molar refractivity (Wildman–Crippen MR) is 95.3 cm³/mol. The van der Waals surface area contributed by atoms with Crippen LogP contribution in [0.15, 0.2) is 36.5 Å². The molecule has 0 amide bonds. The van der Waals surface area contributed by atoms with Crippen LogP contribution in [-0.2, 0) is 19.1 Å². The van der Waals surface area contributed by atoms with Crippen LogP contribution in [0.2, 0.25) is 0 Å². The second-order valence-electron chi connectivity index (χ2n) is 4.69. The van der Waals surface area contributed by atoms with Crippen LogP contribution < -0.4 is 0 Å². The van der Waals surface area contributed by atoms with Crippen molar-refractivity contribution in [3.8, 4) is 0 Å². The van der Waals surface area contributed by atoms with Gasteiger partial charge in [0.15, 0.2) is 0 Å². The zero-order valence-corrected chi connectivity index (χ0v) is 14.9. The minimum atomic E-state index is -0.348. The molecule has 0 aliphatic heterocycles. The molecule has 0 saturated heterocycles. The van der Waals surface area contributed by atoms with Crippen molar-refractivity contribution in [2.45, 2.75) is 13.8 Å². The Bertz CT molecular complexity index is 392. The molecule has 0 unspecified atom stereocenters. The van der Waals surface area contributed by atoms with Crippen molar-refractivity contribution < 1.29 is 19.1 Å². The zero-order valence-electron chi connectivity index (χ0n) is 13.3.